The molecule has 0 bridgehead atoms. The highest BCUT2D eigenvalue weighted by molar-refractivity contribution is 5.81. The number of aromatic nitrogens is 1. The fraction of sp³-hybridized carbons (Fsp3) is 0.529. The van der Waals surface area contributed by atoms with Gasteiger partial charge in [-0.15, -0.1) is 0 Å². The van der Waals surface area contributed by atoms with Crippen molar-refractivity contribution in [3.63, 3.8) is 0 Å². The van der Waals surface area contributed by atoms with Gasteiger partial charge in [0.2, 0.25) is 0 Å². The summed E-state index contributed by atoms with van der Waals surface area (Å²) in [6, 6.07) is 11.0. The molecule has 1 aromatic carbocycles. The highest BCUT2D eigenvalue weighted by Gasteiger charge is 2.04. The zero-order valence-electron chi connectivity index (χ0n) is 11.9. The van der Waals surface area contributed by atoms with E-state index in [9.17, 15) is 0 Å². The molecule has 0 unspecified atom stereocenters. The van der Waals surface area contributed by atoms with Gasteiger partial charge < -0.3 is 4.57 Å². The molecule has 0 fully saturated rings. The fourth-order valence-electron chi connectivity index (χ4n) is 2.64. The highest BCUT2D eigenvalue weighted by atomic mass is 15.0. The maximum Gasteiger partial charge on any atom is 0.0482 e. The second-order valence-electron chi connectivity index (χ2n) is 5.74. The van der Waals surface area contributed by atoms with Crippen molar-refractivity contribution in [3.8, 4) is 0 Å². The first kappa shape index (κ1) is 13.2. The predicted octanol–water partition coefficient (Wildman–Crippen LogP) is 5.17. The van der Waals surface area contributed by atoms with Gasteiger partial charge in [-0.05, 0) is 36.8 Å². The molecule has 18 heavy (non-hydrogen) atoms. The van der Waals surface area contributed by atoms with Gasteiger partial charge in [0.25, 0.3) is 0 Å². The summed E-state index contributed by atoms with van der Waals surface area (Å²) in [7, 11) is 0. The minimum Gasteiger partial charge on any atom is -0.345 e. The topological polar surface area (TPSA) is 4.93 Å². The van der Waals surface area contributed by atoms with E-state index in [2.05, 4.69) is 55.7 Å². The summed E-state index contributed by atoms with van der Waals surface area (Å²) in [5.74, 6) is 0.846. The van der Waals surface area contributed by atoms with Crippen LogP contribution in [0.5, 0.6) is 0 Å². The number of benzene rings is 1. The normalized spacial score (nSPS) is 11.6. The van der Waals surface area contributed by atoms with Gasteiger partial charge in [-0.3, -0.25) is 0 Å². The zero-order chi connectivity index (χ0) is 13.0. The van der Waals surface area contributed by atoms with Gasteiger partial charge in [0, 0.05) is 17.8 Å². The van der Waals surface area contributed by atoms with E-state index in [0.717, 1.165) is 12.5 Å². The minimum absolute atomic E-state index is 0.846. The number of aryl methyl sites for hydroxylation is 2. The van der Waals surface area contributed by atoms with Crippen molar-refractivity contribution in [3.05, 3.63) is 36.0 Å². The Kier molecular flexibility index (Phi) is 4.46. The summed E-state index contributed by atoms with van der Waals surface area (Å²) >= 11 is 0. The Morgan fingerprint density at radius 3 is 2.61 bits per heavy atom. The lowest BCUT2D eigenvalue weighted by Crippen LogP contribution is -2.00. The van der Waals surface area contributed by atoms with Crippen LogP contribution in [0.15, 0.2) is 30.3 Å². The first-order valence-electron chi connectivity index (χ1n) is 7.23. The Balaban J connectivity index is 1.93. The smallest absolute Gasteiger partial charge is 0.0482 e. The summed E-state index contributed by atoms with van der Waals surface area (Å²) < 4.78 is 2.46. The molecule has 0 saturated heterocycles. The van der Waals surface area contributed by atoms with E-state index in [1.807, 2.05) is 0 Å². The lowest BCUT2D eigenvalue weighted by atomic mass is 10.1. The first-order valence-corrected chi connectivity index (χ1v) is 7.23. The second kappa shape index (κ2) is 6.08. The van der Waals surface area contributed by atoms with Gasteiger partial charge in [-0.2, -0.15) is 0 Å². The molecule has 0 spiro atoms. The molecule has 0 radical (unpaired) electrons. The molecule has 0 aliphatic heterocycles. The minimum atomic E-state index is 0.846. The van der Waals surface area contributed by atoms with Crippen molar-refractivity contribution in [2.75, 3.05) is 0 Å². The Hall–Kier alpha value is -1.24. The molecular weight excluding hydrogens is 218 g/mol. The molecule has 0 amide bonds. The molecule has 0 atom stereocenters. The van der Waals surface area contributed by atoms with Gasteiger partial charge in [-0.1, -0.05) is 51.3 Å². The summed E-state index contributed by atoms with van der Waals surface area (Å²) in [4.78, 5) is 0. The quantitative estimate of drug-likeness (QED) is 0.617. The Morgan fingerprint density at radius 2 is 1.83 bits per heavy atom. The molecule has 0 N–H and O–H groups in total. The maximum atomic E-state index is 2.46. The van der Waals surface area contributed by atoms with E-state index >= 15 is 0 Å². The van der Waals surface area contributed by atoms with E-state index < -0.39 is 0 Å². The summed E-state index contributed by atoms with van der Waals surface area (Å²) in [6.45, 7) is 8.00. The van der Waals surface area contributed by atoms with Crippen LogP contribution in [-0.4, -0.2) is 4.57 Å². The average molecular weight is 243 g/mol. The number of hydrogen-bond donors (Lipinski definition) is 0. The van der Waals surface area contributed by atoms with Crippen molar-refractivity contribution >= 4 is 10.9 Å². The van der Waals surface area contributed by atoms with E-state index in [4.69, 9.17) is 0 Å². The van der Waals surface area contributed by atoms with Crippen molar-refractivity contribution in [1.82, 2.24) is 4.57 Å². The van der Waals surface area contributed by atoms with E-state index in [0.29, 0.717) is 0 Å². The molecule has 1 aromatic heterocycles. The lowest BCUT2D eigenvalue weighted by Gasteiger charge is -2.09. The summed E-state index contributed by atoms with van der Waals surface area (Å²) in [5.41, 5.74) is 2.78. The molecule has 98 valence electrons. The van der Waals surface area contributed by atoms with Gasteiger partial charge in [0.15, 0.2) is 0 Å². The number of nitrogens with zero attached hydrogens (tertiary/aromatic N) is 1. The number of para-hydroxylation sites is 1. The Bertz CT molecular complexity index is 493. The van der Waals surface area contributed by atoms with Crippen molar-refractivity contribution in [1.29, 1.82) is 0 Å². The number of unbranched alkanes of at least 4 members (excludes halogenated alkanes) is 2. The van der Waals surface area contributed by atoms with Crippen LogP contribution in [0.25, 0.3) is 10.9 Å². The standard InChI is InChI=1S/C17H25N/c1-14(2)9-5-4-8-12-18-15(3)13-16-10-6-7-11-17(16)18/h6-7,10-11,13-14H,4-5,8-9,12H2,1-3H3. The van der Waals surface area contributed by atoms with Crippen LogP contribution in [0.1, 0.15) is 45.2 Å². The van der Waals surface area contributed by atoms with Crippen molar-refractivity contribution < 1.29 is 0 Å². The molecule has 2 rings (SSSR count). The van der Waals surface area contributed by atoms with Gasteiger partial charge >= 0.3 is 0 Å². The number of rotatable bonds is 6. The number of fused-ring (bicyclic) bond motifs is 1. The molecule has 2 aromatic rings. The lowest BCUT2D eigenvalue weighted by molar-refractivity contribution is 0.508. The molecular formula is C17H25N. The van der Waals surface area contributed by atoms with Crippen LogP contribution in [-0.2, 0) is 6.54 Å². The fourth-order valence-corrected chi connectivity index (χ4v) is 2.64. The van der Waals surface area contributed by atoms with Crippen LogP contribution in [0, 0.1) is 12.8 Å². The molecule has 1 heterocycles. The SMILES string of the molecule is Cc1cc2ccccc2n1CCCCCC(C)C. The van der Waals surface area contributed by atoms with Crippen molar-refractivity contribution in [2.45, 2.75) is 53.0 Å². The van der Waals surface area contributed by atoms with Crippen LogP contribution < -0.4 is 0 Å². The van der Waals surface area contributed by atoms with E-state index in [1.165, 1.54) is 42.3 Å². The second-order valence-corrected chi connectivity index (χ2v) is 5.74. The highest BCUT2D eigenvalue weighted by Crippen LogP contribution is 2.20. The summed E-state index contributed by atoms with van der Waals surface area (Å²) in [6.07, 6.45) is 5.39. The first-order chi connectivity index (χ1) is 8.68. The van der Waals surface area contributed by atoms with Crippen LogP contribution in [0.3, 0.4) is 0 Å². The third kappa shape index (κ3) is 3.16. The molecule has 1 heteroatoms. The third-order valence-corrected chi connectivity index (χ3v) is 3.68. The molecule has 0 aliphatic rings. The van der Waals surface area contributed by atoms with Crippen LogP contribution >= 0.6 is 0 Å². The molecule has 1 nitrogen and oxygen atoms in total. The van der Waals surface area contributed by atoms with Gasteiger partial charge in [0.05, 0.1) is 0 Å². The summed E-state index contributed by atoms with van der Waals surface area (Å²) in [5, 5.41) is 1.37. The largest absolute Gasteiger partial charge is 0.345 e. The maximum absolute atomic E-state index is 2.46. The predicted molar refractivity (Wildman–Crippen MR) is 80.0 cm³/mol. The van der Waals surface area contributed by atoms with Crippen LogP contribution in [0.2, 0.25) is 0 Å². The van der Waals surface area contributed by atoms with Crippen molar-refractivity contribution in [2.24, 2.45) is 5.92 Å². The van der Waals surface area contributed by atoms with Crippen LogP contribution in [0.4, 0.5) is 0 Å². The van der Waals surface area contributed by atoms with Gasteiger partial charge in [0.1, 0.15) is 0 Å². The average Bonchev–Trinajstić information content (AvgIpc) is 2.65. The van der Waals surface area contributed by atoms with Gasteiger partial charge in [-0.25, -0.2) is 0 Å². The third-order valence-electron chi connectivity index (χ3n) is 3.68. The Labute approximate surface area is 111 Å². The molecule has 0 aliphatic carbocycles. The molecule has 0 saturated carbocycles. The van der Waals surface area contributed by atoms with E-state index in [1.54, 1.807) is 0 Å². The zero-order valence-corrected chi connectivity index (χ0v) is 11.9. The Morgan fingerprint density at radius 1 is 1.06 bits per heavy atom. The van der Waals surface area contributed by atoms with E-state index in [-0.39, 0.29) is 0 Å². The monoisotopic (exact) mass is 243 g/mol. The number of hydrogen-bond acceptors (Lipinski definition) is 0.